The first-order valence-electron chi connectivity index (χ1n) is 9.03. The number of nitrogens with zero attached hydrogens (tertiary/aromatic N) is 2. The molecule has 1 fully saturated rings. The first kappa shape index (κ1) is 19.4. The number of aliphatic carboxylic acids is 1. The average Bonchev–Trinajstić information content (AvgIpc) is 2.88. The van der Waals surface area contributed by atoms with Crippen molar-refractivity contribution in [2.75, 3.05) is 0 Å². The first-order valence-corrected chi connectivity index (χ1v) is 9.03. The van der Waals surface area contributed by atoms with Crippen LogP contribution in [0.2, 0.25) is 0 Å². The van der Waals surface area contributed by atoms with Crippen molar-refractivity contribution in [3.63, 3.8) is 0 Å². The lowest BCUT2D eigenvalue weighted by Crippen LogP contribution is -2.55. The second kappa shape index (κ2) is 6.98. The summed E-state index contributed by atoms with van der Waals surface area (Å²) in [5, 5.41) is 9.58. The summed E-state index contributed by atoms with van der Waals surface area (Å²) in [6, 6.07) is 3.26. The highest BCUT2D eigenvalue weighted by Gasteiger charge is 2.51. The van der Waals surface area contributed by atoms with Crippen LogP contribution < -0.4 is 0 Å². The van der Waals surface area contributed by atoms with Crippen LogP contribution in [-0.4, -0.2) is 39.3 Å². The summed E-state index contributed by atoms with van der Waals surface area (Å²) in [6.45, 7) is 1.69. The van der Waals surface area contributed by atoms with E-state index in [0.717, 1.165) is 31.4 Å². The number of hydrogen-bond acceptors (Lipinski definition) is 3. The molecule has 1 aliphatic carbocycles. The third-order valence-corrected chi connectivity index (χ3v) is 5.31. The fourth-order valence-corrected chi connectivity index (χ4v) is 3.99. The summed E-state index contributed by atoms with van der Waals surface area (Å²) >= 11 is 0. The number of hydrogen-bond donors (Lipinski definition) is 1. The van der Waals surface area contributed by atoms with Crippen molar-refractivity contribution in [1.82, 2.24) is 4.90 Å². The van der Waals surface area contributed by atoms with Crippen LogP contribution in [0.5, 0.6) is 0 Å². The number of carbonyl (C=O) groups excluding carboxylic acids is 1. The number of aliphatic imine (C=N–C) groups is 1. The molecule has 5 nitrogen and oxygen atoms in total. The number of rotatable bonds is 4. The molecule has 3 rings (SSSR count). The molecule has 146 valence electrons. The molecule has 0 bridgehead atoms. The van der Waals surface area contributed by atoms with Gasteiger partial charge in [0.15, 0.2) is 0 Å². The molecule has 1 unspecified atom stereocenters. The Hall–Kier alpha value is -2.38. The smallest absolute Gasteiger partial charge is 0.416 e. The van der Waals surface area contributed by atoms with Crippen molar-refractivity contribution in [2.24, 2.45) is 4.99 Å². The maximum absolute atomic E-state index is 13.1. The van der Waals surface area contributed by atoms with Crippen molar-refractivity contribution in [1.29, 1.82) is 0 Å². The summed E-state index contributed by atoms with van der Waals surface area (Å²) in [7, 11) is 0. The molecule has 1 atom stereocenters. The molecule has 1 aromatic carbocycles. The number of halogens is 3. The number of carboxylic acids is 1. The fraction of sp³-hybridized carbons (Fsp3) is 0.526. The van der Waals surface area contributed by atoms with E-state index in [-0.39, 0.29) is 17.7 Å². The maximum atomic E-state index is 13.1. The van der Waals surface area contributed by atoms with E-state index in [2.05, 4.69) is 4.99 Å². The van der Waals surface area contributed by atoms with Gasteiger partial charge in [-0.1, -0.05) is 25.5 Å². The largest absolute Gasteiger partial charge is 0.480 e. The Labute approximate surface area is 154 Å². The summed E-state index contributed by atoms with van der Waals surface area (Å²) in [5.74, 6) is -1.62. The van der Waals surface area contributed by atoms with E-state index in [0.29, 0.717) is 12.8 Å². The normalized spacial score (nSPS) is 20.7. The fourth-order valence-electron chi connectivity index (χ4n) is 3.99. The molecule has 8 heteroatoms. The lowest BCUT2D eigenvalue weighted by Gasteiger charge is -2.41. The van der Waals surface area contributed by atoms with Crippen LogP contribution in [-0.2, 0) is 15.8 Å². The minimum absolute atomic E-state index is 0.0466. The van der Waals surface area contributed by atoms with E-state index in [1.807, 2.05) is 0 Å². The van der Waals surface area contributed by atoms with Crippen LogP contribution in [0.4, 0.5) is 13.2 Å². The Morgan fingerprint density at radius 2 is 1.81 bits per heavy atom. The van der Waals surface area contributed by atoms with Gasteiger partial charge < -0.3 is 5.11 Å². The zero-order valence-corrected chi connectivity index (χ0v) is 14.9. The molecule has 1 saturated carbocycles. The van der Waals surface area contributed by atoms with Crippen molar-refractivity contribution < 1.29 is 27.9 Å². The van der Waals surface area contributed by atoms with E-state index in [4.69, 9.17) is 0 Å². The Bertz CT molecular complexity index is 765. The third kappa shape index (κ3) is 3.44. The van der Waals surface area contributed by atoms with E-state index in [1.165, 1.54) is 17.0 Å². The lowest BCUT2D eigenvalue weighted by atomic mass is 9.87. The monoisotopic (exact) mass is 382 g/mol. The van der Waals surface area contributed by atoms with E-state index in [1.54, 1.807) is 6.92 Å². The van der Waals surface area contributed by atoms with Gasteiger partial charge in [0.2, 0.25) is 0 Å². The lowest BCUT2D eigenvalue weighted by molar-refractivity contribution is -0.153. The molecule has 1 N–H and O–H groups in total. The molecule has 1 spiro atoms. The maximum Gasteiger partial charge on any atom is 0.416 e. The van der Waals surface area contributed by atoms with Crippen LogP contribution in [0, 0.1) is 0 Å². The minimum Gasteiger partial charge on any atom is -0.480 e. The average molecular weight is 382 g/mol. The molecule has 1 amide bonds. The van der Waals surface area contributed by atoms with Gasteiger partial charge in [0.05, 0.1) is 5.56 Å². The predicted octanol–water partition coefficient (Wildman–Crippen LogP) is 3.86. The van der Waals surface area contributed by atoms with Crippen LogP contribution in [0.3, 0.4) is 0 Å². The highest BCUT2D eigenvalue weighted by molar-refractivity contribution is 6.47. The van der Waals surface area contributed by atoms with Crippen LogP contribution in [0.25, 0.3) is 0 Å². The van der Waals surface area contributed by atoms with Gasteiger partial charge in [-0.2, -0.15) is 13.2 Å². The van der Waals surface area contributed by atoms with Crippen molar-refractivity contribution in [2.45, 2.75) is 63.3 Å². The Balaban J connectivity index is 2.02. The minimum atomic E-state index is -4.47. The number of alkyl halides is 3. The summed E-state index contributed by atoms with van der Waals surface area (Å²) in [4.78, 5) is 30.7. The second-order valence-electron chi connectivity index (χ2n) is 7.02. The van der Waals surface area contributed by atoms with Gasteiger partial charge in [-0.3, -0.25) is 14.7 Å². The molecule has 1 heterocycles. The zero-order valence-electron chi connectivity index (χ0n) is 14.9. The molecule has 1 aliphatic heterocycles. The van der Waals surface area contributed by atoms with Gasteiger partial charge in [0.25, 0.3) is 5.91 Å². The number of carbonyl (C=O) groups is 2. The van der Waals surface area contributed by atoms with E-state index < -0.39 is 35.3 Å². The topological polar surface area (TPSA) is 70.0 Å². The summed E-state index contributed by atoms with van der Waals surface area (Å²) in [5.41, 5.74) is -1.39. The summed E-state index contributed by atoms with van der Waals surface area (Å²) < 4.78 is 38.4. The van der Waals surface area contributed by atoms with Gasteiger partial charge in [-0.25, -0.2) is 4.79 Å². The molecular formula is C19H21F3N2O3. The standard InChI is InChI=1S/C19H21F3N2O3/c1-2-14(17(26)27)24-16(25)15(23-18(24)10-4-3-5-11-18)12-6-8-13(9-7-12)19(20,21)22/h6-9,14H,2-5,10-11H2,1H3,(H,26,27). The molecular weight excluding hydrogens is 361 g/mol. The van der Waals surface area contributed by atoms with Crippen LogP contribution >= 0.6 is 0 Å². The summed E-state index contributed by atoms with van der Waals surface area (Å²) in [6.07, 6.45) is -0.475. The van der Waals surface area contributed by atoms with Crippen molar-refractivity contribution in [3.05, 3.63) is 35.4 Å². The SMILES string of the molecule is CCC(C(=O)O)N1C(=O)C(c2ccc(C(F)(F)F)cc2)=NC12CCCCC2. The Morgan fingerprint density at radius 1 is 1.22 bits per heavy atom. The van der Waals surface area contributed by atoms with E-state index in [9.17, 15) is 27.9 Å². The van der Waals surface area contributed by atoms with Crippen LogP contribution in [0.15, 0.2) is 29.3 Å². The van der Waals surface area contributed by atoms with Gasteiger partial charge in [-0.05, 0) is 44.2 Å². The highest BCUT2D eigenvalue weighted by Crippen LogP contribution is 2.41. The Kier molecular flexibility index (Phi) is 5.01. The molecule has 0 radical (unpaired) electrons. The molecule has 1 aromatic rings. The molecule has 27 heavy (non-hydrogen) atoms. The predicted molar refractivity (Wildman–Crippen MR) is 92.4 cm³/mol. The quantitative estimate of drug-likeness (QED) is 0.860. The first-order chi connectivity index (χ1) is 12.7. The van der Waals surface area contributed by atoms with Crippen molar-refractivity contribution >= 4 is 17.6 Å². The van der Waals surface area contributed by atoms with Gasteiger partial charge in [-0.15, -0.1) is 0 Å². The second-order valence-corrected chi connectivity index (χ2v) is 7.02. The third-order valence-electron chi connectivity index (χ3n) is 5.31. The number of benzene rings is 1. The molecule has 2 aliphatic rings. The molecule has 0 saturated heterocycles. The van der Waals surface area contributed by atoms with Crippen LogP contribution in [0.1, 0.15) is 56.6 Å². The van der Waals surface area contributed by atoms with Gasteiger partial charge in [0, 0.05) is 5.56 Å². The number of amides is 1. The molecule has 0 aromatic heterocycles. The zero-order chi connectivity index (χ0) is 19.8. The Morgan fingerprint density at radius 3 is 2.30 bits per heavy atom. The van der Waals surface area contributed by atoms with E-state index >= 15 is 0 Å². The van der Waals surface area contributed by atoms with Gasteiger partial charge in [0.1, 0.15) is 17.4 Å². The highest BCUT2D eigenvalue weighted by atomic mass is 19.4. The van der Waals surface area contributed by atoms with Gasteiger partial charge >= 0.3 is 12.1 Å². The number of carboxylic acid groups (broad SMARTS) is 1. The van der Waals surface area contributed by atoms with Crippen molar-refractivity contribution in [3.8, 4) is 0 Å².